The van der Waals surface area contributed by atoms with E-state index in [0.717, 1.165) is 54.3 Å². The number of fused-ring (bicyclic) bond motifs is 1. The zero-order valence-electron chi connectivity index (χ0n) is 19.5. The minimum absolute atomic E-state index is 0. The number of nitrogens with zero attached hydrogens (tertiary/aromatic N) is 2. The smallest absolute Gasteiger partial charge is 0.0727 e. The van der Waals surface area contributed by atoms with Crippen LogP contribution in [-0.2, 0) is 6.54 Å². The Bertz CT molecular complexity index is 1210. The summed E-state index contributed by atoms with van der Waals surface area (Å²) in [6, 6.07) is 30.2. The summed E-state index contributed by atoms with van der Waals surface area (Å²) >= 11 is 6.32. The zero-order valence-corrected chi connectivity index (χ0v) is 21.0. The topological polar surface area (TPSA) is 28.2 Å². The number of nitrogens with one attached hydrogen (secondary N) is 1. The van der Waals surface area contributed by atoms with Crippen LogP contribution in [0, 0.1) is 0 Å². The summed E-state index contributed by atoms with van der Waals surface area (Å²) in [6.45, 7) is 5.57. The van der Waals surface area contributed by atoms with Crippen LogP contribution >= 0.6 is 24.0 Å². The molecule has 3 aromatic carbocycles. The molecule has 0 spiro atoms. The molecule has 1 atom stereocenters. The predicted octanol–water partition coefficient (Wildman–Crippen LogP) is 7.29. The van der Waals surface area contributed by atoms with Crippen molar-refractivity contribution in [1.29, 1.82) is 0 Å². The van der Waals surface area contributed by atoms with Crippen molar-refractivity contribution in [1.82, 2.24) is 15.2 Å². The monoisotopic (exact) mass is 491 g/mol. The molecule has 3 nitrogen and oxygen atoms in total. The molecule has 1 unspecified atom stereocenters. The van der Waals surface area contributed by atoms with Gasteiger partial charge < -0.3 is 5.32 Å². The molecule has 176 valence electrons. The van der Waals surface area contributed by atoms with Crippen LogP contribution in [0.25, 0.3) is 22.2 Å². The molecule has 1 fully saturated rings. The van der Waals surface area contributed by atoms with E-state index in [-0.39, 0.29) is 18.4 Å². The minimum atomic E-state index is 0. The van der Waals surface area contributed by atoms with E-state index >= 15 is 0 Å². The molecule has 0 bridgehead atoms. The van der Waals surface area contributed by atoms with Crippen LogP contribution in [-0.4, -0.2) is 29.0 Å². The molecule has 5 heteroatoms. The predicted molar refractivity (Wildman–Crippen MR) is 146 cm³/mol. The molecule has 5 rings (SSSR count). The summed E-state index contributed by atoms with van der Waals surface area (Å²) < 4.78 is 0. The fourth-order valence-electron chi connectivity index (χ4n) is 4.89. The highest BCUT2D eigenvalue weighted by Crippen LogP contribution is 2.31. The number of halogens is 2. The molecule has 0 radical (unpaired) electrons. The Morgan fingerprint density at radius 2 is 1.62 bits per heavy atom. The van der Waals surface area contributed by atoms with E-state index in [0.29, 0.717) is 6.04 Å². The maximum Gasteiger partial charge on any atom is 0.0727 e. The van der Waals surface area contributed by atoms with E-state index in [9.17, 15) is 0 Å². The molecule has 1 aromatic heterocycles. The maximum absolute atomic E-state index is 6.32. The summed E-state index contributed by atoms with van der Waals surface area (Å²) in [4.78, 5) is 7.49. The molecule has 0 amide bonds. The van der Waals surface area contributed by atoms with Crippen molar-refractivity contribution in [2.75, 3.05) is 13.1 Å². The van der Waals surface area contributed by atoms with Crippen molar-refractivity contribution < 1.29 is 0 Å². The standard InChI is InChI=1S/C29H30ClN3.ClH/c1-21(31-25-14-16-33(17-15-25)20-22-8-4-2-5-9-22)27-19-28(23-10-6-3-7-11-23)32-29-18-24(30)12-13-26(27)29;/h2-13,18-19,21,25,31H,14-17,20H2,1H3;1H. The highest BCUT2D eigenvalue weighted by atomic mass is 35.5. The minimum Gasteiger partial charge on any atom is -0.307 e. The largest absolute Gasteiger partial charge is 0.307 e. The van der Waals surface area contributed by atoms with Gasteiger partial charge in [-0.05, 0) is 62.2 Å². The second-order valence-corrected chi connectivity index (χ2v) is 9.49. The van der Waals surface area contributed by atoms with E-state index in [1.54, 1.807) is 0 Å². The van der Waals surface area contributed by atoms with Crippen LogP contribution in [0.4, 0.5) is 0 Å². The maximum atomic E-state index is 6.32. The lowest BCUT2D eigenvalue weighted by Gasteiger charge is -2.34. The van der Waals surface area contributed by atoms with Gasteiger partial charge >= 0.3 is 0 Å². The molecule has 0 aliphatic carbocycles. The number of hydrogen-bond donors (Lipinski definition) is 1. The summed E-state index contributed by atoms with van der Waals surface area (Å²) in [5.41, 5.74) is 5.74. The molecule has 34 heavy (non-hydrogen) atoms. The van der Waals surface area contributed by atoms with E-state index in [1.807, 2.05) is 18.2 Å². The number of rotatable bonds is 6. The summed E-state index contributed by atoms with van der Waals surface area (Å²) in [5.74, 6) is 0. The van der Waals surface area contributed by atoms with Gasteiger partial charge in [-0.15, -0.1) is 12.4 Å². The molecule has 1 saturated heterocycles. The van der Waals surface area contributed by atoms with E-state index < -0.39 is 0 Å². The lowest BCUT2D eigenvalue weighted by Crippen LogP contribution is -2.43. The van der Waals surface area contributed by atoms with Crippen LogP contribution in [0.2, 0.25) is 5.02 Å². The highest BCUT2D eigenvalue weighted by molar-refractivity contribution is 6.31. The Balaban J connectivity index is 0.00000274. The third-order valence-electron chi connectivity index (χ3n) is 6.66. The molecule has 0 saturated carbocycles. The van der Waals surface area contributed by atoms with Gasteiger partial charge in [-0.1, -0.05) is 78.3 Å². The van der Waals surface area contributed by atoms with Crippen LogP contribution in [0.1, 0.15) is 36.9 Å². The second kappa shape index (κ2) is 11.3. The van der Waals surface area contributed by atoms with Crippen molar-refractivity contribution in [3.63, 3.8) is 0 Å². The van der Waals surface area contributed by atoms with Crippen LogP contribution in [0.5, 0.6) is 0 Å². The molecule has 4 aromatic rings. The van der Waals surface area contributed by atoms with Gasteiger partial charge in [0.1, 0.15) is 0 Å². The van der Waals surface area contributed by atoms with Crippen molar-refractivity contribution in [2.45, 2.75) is 38.4 Å². The summed E-state index contributed by atoms with van der Waals surface area (Å²) in [5, 5.41) is 5.80. The highest BCUT2D eigenvalue weighted by Gasteiger charge is 2.22. The zero-order chi connectivity index (χ0) is 22.6. The van der Waals surface area contributed by atoms with E-state index in [2.05, 4.69) is 83.9 Å². The second-order valence-electron chi connectivity index (χ2n) is 9.05. The van der Waals surface area contributed by atoms with Gasteiger partial charge in [0.05, 0.1) is 11.2 Å². The molecule has 1 aliphatic rings. The quantitative estimate of drug-likeness (QED) is 0.306. The first-order valence-electron chi connectivity index (χ1n) is 11.8. The fraction of sp³-hybridized carbons (Fsp3) is 0.276. The van der Waals surface area contributed by atoms with Gasteiger partial charge in [-0.25, -0.2) is 4.98 Å². The number of aromatic nitrogens is 1. The SMILES string of the molecule is CC(NC1CCN(Cc2ccccc2)CC1)c1cc(-c2ccccc2)nc2cc(Cl)ccc12.Cl. The average molecular weight is 492 g/mol. The first kappa shape index (κ1) is 24.7. The van der Waals surface area contributed by atoms with Gasteiger partial charge in [0.25, 0.3) is 0 Å². The van der Waals surface area contributed by atoms with Crippen molar-refractivity contribution in [2.24, 2.45) is 0 Å². The van der Waals surface area contributed by atoms with Gasteiger partial charge in [-0.3, -0.25) is 4.90 Å². The Morgan fingerprint density at radius 3 is 2.32 bits per heavy atom. The van der Waals surface area contributed by atoms with E-state index in [1.165, 1.54) is 16.5 Å². The summed E-state index contributed by atoms with van der Waals surface area (Å²) in [6.07, 6.45) is 2.33. The van der Waals surface area contributed by atoms with Crippen LogP contribution in [0.15, 0.2) is 84.9 Å². The number of piperidine rings is 1. The van der Waals surface area contributed by atoms with E-state index in [4.69, 9.17) is 16.6 Å². The Labute approximate surface area is 213 Å². The number of likely N-dealkylation sites (tertiary alicyclic amines) is 1. The summed E-state index contributed by atoms with van der Waals surface area (Å²) in [7, 11) is 0. The van der Waals surface area contributed by atoms with Crippen molar-refractivity contribution in [3.05, 3.63) is 101 Å². The number of benzene rings is 3. The molecule has 2 heterocycles. The van der Waals surface area contributed by atoms with Gasteiger partial charge in [0.15, 0.2) is 0 Å². The Morgan fingerprint density at radius 1 is 0.941 bits per heavy atom. The lowest BCUT2D eigenvalue weighted by molar-refractivity contribution is 0.185. The first-order chi connectivity index (χ1) is 16.2. The van der Waals surface area contributed by atoms with Gasteiger partial charge in [0.2, 0.25) is 0 Å². The third kappa shape index (κ3) is 5.79. The third-order valence-corrected chi connectivity index (χ3v) is 6.90. The normalized spacial score (nSPS) is 15.7. The Hall–Kier alpha value is -2.43. The molecular weight excluding hydrogens is 461 g/mol. The van der Waals surface area contributed by atoms with Crippen LogP contribution in [0.3, 0.4) is 0 Å². The first-order valence-corrected chi connectivity index (χ1v) is 12.2. The Kier molecular flexibility index (Phi) is 8.23. The number of pyridine rings is 1. The van der Waals surface area contributed by atoms with Gasteiger partial charge in [-0.2, -0.15) is 0 Å². The molecule has 1 aliphatic heterocycles. The van der Waals surface area contributed by atoms with Crippen molar-refractivity contribution >= 4 is 34.9 Å². The van der Waals surface area contributed by atoms with Gasteiger partial charge in [0, 0.05) is 34.6 Å². The van der Waals surface area contributed by atoms with Crippen molar-refractivity contribution in [3.8, 4) is 11.3 Å². The lowest BCUT2D eigenvalue weighted by atomic mass is 9.97. The average Bonchev–Trinajstić information content (AvgIpc) is 2.85. The molecule has 1 N–H and O–H groups in total. The number of hydrogen-bond acceptors (Lipinski definition) is 3. The molecular formula is C29H31Cl2N3. The van der Waals surface area contributed by atoms with Crippen LogP contribution < -0.4 is 5.32 Å². The fourth-order valence-corrected chi connectivity index (χ4v) is 5.05.